The summed E-state index contributed by atoms with van der Waals surface area (Å²) >= 11 is 0. The largest absolute Gasteiger partial charge is 0.0770 e. The molecule has 1 atom stereocenters. The maximum absolute atomic E-state index is 2.35. The van der Waals surface area contributed by atoms with E-state index in [4.69, 9.17) is 0 Å². The minimum atomic E-state index is 0.740. The zero-order chi connectivity index (χ0) is 7.97. The van der Waals surface area contributed by atoms with E-state index in [0.717, 1.165) is 5.92 Å². The van der Waals surface area contributed by atoms with Crippen molar-refractivity contribution in [1.29, 1.82) is 0 Å². The highest BCUT2D eigenvalue weighted by Crippen LogP contribution is 2.42. The average Bonchev–Trinajstić information content (AvgIpc) is 2.52. The molecule has 60 valence electrons. The van der Waals surface area contributed by atoms with Crippen LogP contribution in [0.5, 0.6) is 0 Å². The van der Waals surface area contributed by atoms with Crippen LogP contribution in [0.2, 0.25) is 0 Å². The third-order valence-corrected chi connectivity index (χ3v) is 3.07. The lowest BCUT2D eigenvalue weighted by Gasteiger charge is -2.25. The topological polar surface area (TPSA) is 0 Å². The lowest BCUT2D eigenvalue weighted by Crippen LogP contribution is -2.10. The molecule has 0 heteroatoms. The molecule has 0 amide bonds. The van der Waals surface area contributed by atoms with Gasteiger partial charge in [0.1, 0.15) is 0 Å². The molecule has 0 saturated carbocycles. The molecule has 0 heterocycles. The van der Waals surface area contributed by atoms with Crippen molar-refractivity contribution in [2.45, 2.75) is 19.3 Å². The van der Waals surface area contributed by atoms with E-state index < -0.39 is 0 Å². The van der Waals surface area contributed by atoms with Crippen molar-refractivity contribution in [3.05, 3.63) is 47.1 Å². The summed E-state index contributed by atoms with van der Waals surface area (Å²) in [5.74, 6) is 0.740. The summed E-state index contributed by atoms with van der Waals surface area (Å²) in [4.78, 5) is 0. The molecule has 0 aromatic carbocycles. The average molecular weight is 156 g/mol. The number of hydrogen-bond donors (Lipinski definition) is 0. The van der Waals surface area contributed by atoms with E-state index in [9.17, 15) is 0 Å². The molecule has 3 aliphatic rings. The highest BCUT2D eigenvalue weighted by molar-refractivity contribution is 5.59. The van der Waals surface area contributed by atoms with Crippen LogP contribution in [0.4, 0.5) is 0 Å². The van der Waals surface area contributed by atoms with E-state index in [1.54, 1.807) is 11.1 Å². The van der Waals surface area contributed by atoms with Crippen molar-refractivity contribution in [3.63, 3.8) is 0 Å². The van der Waals surface area contributed by atoms with Gasteiger partial charge in [0.25, 0.3) is 0 Å². The Morgan fingerprint density at radius 1 is 1.25 bits per heavy atom. The minimum absolute atomic E-state index is 0.740. The van der Waals surface area contributed by atoms with Crippen molar-refractivity contribution in [2.24, 2.45) is 5.92 Å². The Balaban J connectivity index is 2.18. The standard InChI is InChI=1S/C12H12/c1-3-9-4-2-6-11-8-7-10(5-1)12(9)11/h1,3,5,7-9H,2,4,6H2. The molecule has 0 bridgehead atoms. The first-order valence-electron chi connectivity index (χ1n) is 4.75. The summed E-state index contributed by atoms with van der Waals surface area (Å²) in [5, 5.41) is 0. The van der Waals surface area contributed by atoms with Crippen LogP contribution in [0.1, 0.15) is 19.3 Å². The summed E-state index contributed by atoms with van der Waals surface area (Å²) in [6.07, 6.45) is 15.4. The van der Waals surface area contributed by atoms with Crippen molar-refractivity contribution >= 4 is 0 Å². The molecular formula is C12H12. The molecule has 3 rings (SSSR count). The van der Waals surface area contributed by atoms with E-state index in [1.807, 2.05) is 0 Å². The van der Waals surface area contributed by atoms with E-state index in [1.165, 1.54) is 24.8 Å². The second kappa shape index (κ2) is 2.22. The normalized spacial score (nSPS) is 30.7. The van der Waals surface area contributed by atoms with Crippen molar-refractivity contribution in [1.82, 2.24) is 0 Å². The number of allylic oxidation sites excluding steroid dienone is 8. The molecule has 0 saturated heterocycles. The van der Waals surface area contributed by atoms with Gasteiger partial charge in [-0.15, -0.1) is 0 Å². The van der Waals surface area contributed by atoms with Crippen LogP contribution in [-0.4, -0.2) is 0 Å². The fourth-order valence-electron chi connectivity index (χ4n) is 2.51. The van der Waals surface area contributed by atoms with Crippen molar-refractivity contribution in [3.8, 4) is 0 Å². The first-order valence-corrected chi connectivity index (χ1v) is 4.75. The van der Waals surface area contributed by atoms with E-state index in [-0.39, 0.29) is 0 Å². The third kappa shape index (κ3) is 0.726. The van der Waals surface area contributed by atoms with Gasteiger partial charge in [0.2, 0.25) is 0 Å². The predicted molar refractivity (Wildman–Crippen MR) is 50.7 cm³/mol. The minimum Gasteiger partial charge on any atom is -0.0770 e. The van der Waals surface area contributed by atoms with Gasteiger partial charge in [-0.05, 0) is 36.0 Å². The SMILES string of the molecule is C1=CC2CCCC3=C2C(=C1)C=C3. The lowest BCUT2D eigenvalue weighted by molar-refractivity contribution is 0.593. The molecule has 3 aliphatic carbocycles. The van der Waals surface area contributed by atoms with E-state index >= 15 is 0 Å². The van der Waals surface area contributed by atoms with E-state index in [2.05, 4.69) is 30.4 Å². The Morgan fingerprint density at radius 3 is 3.25 bits per heavy atom. The second-order valence-electron chi connectivity index (χ2n) is 3.78. The van der Waals surface area contributed by atoms with Crippen molar-refractivity contribution < 1.29 is 0 Å². The van der Waals surface area contributed by atoms with Crippen molar-refractivity contribution in [2.75, 3.05) is 0 Å². The Labute approximate surface area is 73.0 Å². The smallest absolute Gasteiger partial charge is 0.00298 e. The molecule has 0 nitrogen and oxygen atoms in total. The number of hydrogen-bond acceptors (Lipinski definition) is 0. The first kappa shape index (κ1) is 6.47. The quantitative estimate of drug-likeness (QED) is 0.505. The van der Waals surface area contributed by atoms with Crippen LogP contribution >= 0.6 is 0 Å². The molecule has 1 unspecified atom stereocenters. The van der Waals surface area contributed by atoms with Crippen LogP contribution in [0.25, 0.3) is 0 Å². The number of rotatable bonds is 0. The van der Waals surface area contributed by atoms with Crippen LogP contribution in [0.3, 0.4) is 0 Å². The molecule has 0 spiro atoms. The lowest BCUT2D eigenvalue weighted by atomic mass is 9.80. The maximum Gasteiger partial charge on any atom is 0.00298 e. The van der Waals surface area contributed by atoms with Gasteiger partial charge in [0.15, 0.2) is 0 Å². The monoisotopic (exact) mass is 156 g/mol. The maximum atomic E-state index is 2.35. The molecule has 0 fully saturated rings. The van der Waals surface area contributed by atoms with Gasteiger partial charge in [0.05, 0.1) is 0 Å². The summed E-state index contributed by atoms with van der Waals surface area (Å²) in [6.45, 7) is 0. The van der Waals surface area contributed by atoms with Gasteiger partial charge in [-0.1, -0.05) is 30.4 Å². The molecule has 12 heavy (non-hydrogen) atoms. The van der Waals surface area contributed by atoms with Gasteiger partial charge in [-0.2, -0.15) is 0 Å². The zero-order valence-electron chi connectivity index (χ0n) is 7.09. The fraction of sp³-hybridized carbons (Fsp3) is 0.333. The molecule has 0 radical (unpaired) electrons. The molecular weight excluding hydrogens is 144 g/mol. The molecule has 0 aliphatic heterocycles. The Bertz CT molecular complexity index is 337. The van der Waals surface area contributed by atoms with Crippen LogP contribution < -0.4 is 0 Å². The first-order chi connectivity index (χ1) is 5.95. The van der Waals surface area contributed by atoms with Gasteiger partial charge in [-0.25, -0.2) is 0 Å². The summed E-state index contributed by atoms with van der Waals surface area (Å²) in [5.41, 5.74) is 4.70. The predicted octanol–water partition coefficient (Wildman–Crippen LogP) is 3.15. The van der Waals surface area contributed by atoms with Crippen LogP contribution in [0, 0.1) is 5.92 Å². The van der Waals surface area contributed by atoms with Crippen LogP contribution in [0.15, 0.2) is 47.1 Å². The molecule has 0 aromatic rings. The van der Waals surface area contributed by atoms with Gasteiger partial charge in [0, 0.05) is 5.92 Å². The highest BCUT2D eigenvalue weighted by atomic mass is 14.3. The summed E-state index contributed by atoms with van der Waals surface area (Å²) < 4.78 is 0. The summed E-state index contributed by atoms with van der Waals surface area (Å²) in [6, 6.07) is 0. The highest BCUT2D eigenvalue weighted by Gasteiger charge is 2.26. The van der Waals surface area contributed by atoms with Gasteiger partial charge < -0.3 is 0 Å². The molecule has 0 N–H and O–H groups in total. The van der Waals surface area contributed by atoms with Gasteiger partial charge >= 0.3 is 0 Å². The third-order valence-electron chi connectivity index (χ3n) is 3.07. The van der Waals surface area contributed by atoms with E-state index in [0.29, 0.717) is 0 Å². The van der Waals surface area contributed by atoms with Gasteiger partial charge in [-0.3, -0.25) is 0 Å². The Hall–Kier alpha value is -1.04. The second-order valence-corrected chi connectivity index (χ2v) is 3.78. The summed E-state index contributed by atoms with van der Waals surface area (Å²) in [7, 11) is 0. The Morgan fingerprint density at radius 2 is 2.25 bits per heavy atom. The van der Waals surface area contributed by atoms with Crippen LogP contribution in [-0.2, 0) is 0 Å². The molecule has 0 aromatic heterocycles. The zero-order valence-corrected chi connectivity index (χ0v) is 7.09. The Kier molecular flexibility index (Phi) is 1.20. The fourth-order valence-corrected chi connectivity index (χ4v) is 2.51.